The molecule has 3 aromatic heterocycles. The number of hydrogen-bond donors (Lipinski definition) is 1. The highest BCUT2D eigenvalue weighted by atomic mass is 16.3. The highest BCUT2D eigenvalue weighted by molar-refractivity contribution is 5.94. The predicted molar refractivity (Wildman–Crippen MR) is 158 cm³/mol. The molecule has 0 aliphatic carbocycles. The molecule has 1 spiro atoms. The molecule has 1 atom stereocenters. The van der Waals surface area contributed by atoms with Gasteiger partial charge in [0.1, 0.15) is 11.2 Å². The lowest BCUT2D eigenvalue weighted by Gasteiger charge is -2.54. The van der Waals surface area contributed by atoms with Crippen LogP contribution >= 0.6 is 0 Å². The Morgan fingerprint density at radius 3 is 2.53 bits per heavy atom. The summed E-state index contributed by atoms with van der Waals surface area (Å²) < 4.78 is 5.94. The summed E-state index contributed by atoms with van der Waals surface area (Å²) in [5.41, 5.74) is 4.14. The van der Waals surface area contributed by atoms with Gasteiger partial charge in [0, 0.05) is 42.9 Å². The fourth-order valence-corrected chi connectivity index (χ4v) is 6.22. The van der Waals surface area contributed by atoms with Crippen molar-refractivity contribution in [3.63, 3.8) is 0 Å². The largest absolute Gasteiger partial charge is 0.436 e. The molecule has 1 N–H and O–H groups in total. The van der Waals surface area contributed by atoms with Crippen LogP contribution < -0.4 is 5.32 Å². The lowest BCUT2D eigenvalue weighted by atomic mass is 9.71. The fraction of sp³-hybridized carbons (Fsp3) is 0.323. The zero-order valence-electron chi connectivity index (χ0n) is 24.0. The summed E-state index contributed by atoms with van der Waals surface area (Å²) in [7, 11) is 1.78. The number of pyridine rings is 1. The molecular weight excluding hydrogens is 546 g/mol. The molecule has 2 aliphatic rings. The molecule has 7 rings (SSSR count). The molecule has 0 radical (unpaired) electrons. The number of benzene rings is 2. The van der Waals surface area contributed by atoms with Crippen LogP contribution in [0.2, 0.25) is 0 Å². The Balaban J connectivity index is 1.02. The van der Waals surface area contributed by atoms with E-state index in [0.29, 0.717) is 52.8 Å². The lowest BCUT2D eigenvalue weighted by molar-refractivity contribution is -0.114. The van der Waals surface area contributed by atoms with Crippen LogP contribution in [0.1, 0.15) is 47.7 Å². The van der Waals surface area contributed by atoms with Crippen molar-refractivity contribution in [1.29, 1.82) is 0 Å². The molecule has 5 heterocycles. The normalized spacial score (nSPS) is 17.1. The first-order valence-corrected chi connectivity index (χ1v) is 14.3. The van der Waals surface area contributed by atoms with Gasteiger partial charge in [-0.05, 0) is 67.0 Å². The van der Waals surface area contributed by atoms with Crippen LogP contribution in [0.4, 0.5) is 5.69 Å². The number of nitrogens with zero attached hydrogens (tertiary/aromatic N) is 8. The van der Waals surface area contributed by atoms with Crippen molar-refractivity contribution < 1.29 is 14.0 Å². The van der Waals surface area contributed by atoms with Gasteiger partial charge in [0.2, 0.25) is 11.8 Å². The number of tetrazole rings is 1. The Morgan fingerprint density at radius 2 is 1.81 bits per heavy atom. The van der Waals surface area contributed by atoms with Gasteiger partial charge >= 0.3 is 0 Å². The molecule has 2 aromatic carbocycles. The van der Waals surface area contributed by atoms with Crippen LogP contribution in [0.15, 0.2) is 71.3 Å². The van der Waals surface area contributed by atoms with Gasteiger partial charge in [-0.15, -0.1) is 10.2 Å². The summed E-state index contributed by atoms with van der Waals surface area (Å²) >= 11 is 0. The van der Waals surface area contributed by atoms with E-state index >= 15 is 0 Å². The SMILES string of the molecule is CC(=O)Nc1ccc2oc(-c3ccnc(C(=O)N4CC5(CCN(C(c6ccccc6)c6nnn(C)n6)CC5)C4)c3)nc2c1. The van der Waals surface area contributed by atoms with E-state index in [9.17, 15) is 9.59 Å². The minimum atomic E-state index is -0.158. The van der Waals surface area contributed by atoms with E-state index in [2.05, 4.69) is 47.7 Å². The number of carbonyl (C=O) groups excluding carboxylic acids is 2. The molecule has 12 nitrogen and oxygen atoms in total. The highest BCUT2D eigenvalue weighted by Crippen LogP contribution is 2.43. The molecule has 2 aliphatic heterocycles. The Labute approximate surface area is 247 Å². The Hall–Kier alpha value is -4.97. The predicted octanol–water partition coefficient (Wildman–Crippen LogP) is 3.70. The lowest BCUT2D eigenvalue weighted by Crippen LogP contribution is -2.62. The van der Waals surface area contributed by atoms with Crippen LogP contribution in [0.25, 0.3) is 22.6 Å². The van der Waals surface area contributed by atoms with Gasteiger partial charge in [-0.2, -0.15) is 4.80 Å². The molecule has 218 valence electrons. The van der Waals surface area contributed by atoms with Crippen molar-refractivity contribution in [1.82, 2.24) is 40.0 Å². The number of fused-ring (bicyclic) bond motifs is 1. The van der Waals surface area contributed by atoms with Crippen molar-refractivity contribution in [2.24, 2.45) is 12.5 Å². The number of likely N-dealkylation sites (tertiary alicyclic amines) is 2. The smallest absolute Gasteiger partial charge is 0.272 e. The van der Waals surface area contributed by atoms with E-state index in [1.165, 1.54) is 11.7 Å². The number of nitrogens with one attached hydrogen (secondary N) is 1. The molecule has 0 saturated carbocycles. The molecule has 43 heavy (non-hydrogen) atoms. The summed E-state index contributed by atoms with van der Waals surface area (Å²) in [5.74, 6) is 0.844. The Kier molecular flexibility index (Phi) is 6.69. The van der Waals surface area contributed by atoms with E-state index in [0.717, 1.165) is 31.5 Å². The maximum atomic E-state index is 13.4. The van der Waals surface area contributed by atoms with Gasteiger partial charge in [0.25, 0.3) is 5.91 Å². The minimum absolute atomic E-state index is 0.0548. The first-order chi connectivity index (χ1) is 20.9. The molecule has 12 heteroatoms. The van der Waals surface area contributed by atoms with Crippen molar-refractivity contribution in [3.05, 3.63) is 83.9 Å². The number of amides is 2. The zero-order chi connectivity index (χ0) is 29.6. The maximum absolute atomic E-state index is 13.4. The molecule has 1 unspecified atom stereocenters. The Morgan fingerprint density at radius 1 is 1.02 bits per heavy atom. The van der Waals surface area contributed by atoms with E-state index < -0.39 is 0 Å². The van der Waals surface area contributed by atoms with Crippen LogP contribution in [0.3, 0.4) is 0 Å². The molecule has 0 bridgehead atoms. The summed E-state index contributed by atoms with van der Waals surface area (Å²) in [6.45, 7) is 4.64. The second-order valence-corrected chi connectivity index (χ2v) is 11.5. The van der Waals surface area contributed by atoms with Gasteiger partial charge < -0.3 is 14.6 Å². The monoisotopic (exact) mass is 577 g/mol. The second kappa shape index (κ2) is 10.7. The van der Waals surface area contributed by atoms with Gasteiger partial charge in [0.15, 0.2) is 11.4 Å². The zero-order valence-corrected chi connectivity index (χ0v) is 24.0. The number of aromatic nitrogens is 6. The van der Waals surface area contributed by atoms with Gasteiger partial charge in [-0.25, -0.2) is 4.98 Å². The van der Waals surface area contributed by atoms with Crippen molar-refractivity contribution in [2.75, 3.05) is 31.5 Å². The fourth-order valence-electron chi connectivity index (χ4n) is 6.22. The topological polar surface area (TPSA) is 135 Å². The van der Waals surface area contributed by atoms with Gasteiger partial charge in [0.05, 0.1) is 13.1 Å². The maximum Gasteiger partial charge on any atom is 0.272 e. The van der Waals surface area contributed by atoms with Crippen LogP contribution in [-0.4, -0.2) is 78.0 Å². The van der Waals surface area contributed by atoms with E-state index in [1.54, 1.807) is 43.6 Å². The third-order valence-electron chi connectivity index (χ3n) is 8.38. The Bertz CT molecular complexity index is 1800. The van der Waals surface area contributed by atoms with E-state index in [1.807, 2.05) is 23.1 Å². The first kappa shape index (κ1) is 26.9. The van der Waals surface area contributed by atoms with Gasteiger partial charge in [-0.3, -0.25) is 19.5 Å². The standard InChI is InChI=1S/C31H31N9O3/c1-20(41)33-23-8-9-26-24(17-23)34-29(43-26)22-10-13-32-25(16-22)30(42)40-18-31(19-40)11-14-39(15-12-31)27(21-6-4-3-5-7-21)28-35-37-38(2)36-28/h3-10,13,16-17,27H,11-12,14-15,18-19H2,1-2H3,(H,33,41). The van der Waals surface area contributed by atoms with Crippen molar-refractivity contribution >= 4 is 28.6 Å². The van der Waals surface area contributed by atoms with Crippen molar-refractivity contribution in [2.45, 2.75) is 25.8 Å². The molecule has 2 saturated heterocycles. The summed E-state index contributed by atoms with van der Waals surface area (Å²) in [6, 6.07) is 19.0. The van der Waals surface area contributed by atoms with Crippen LogP contribution in [0, 0.1) is 5.41 Å². The third kappa shape index (κ3) is 5.25. The molecular formula is C31H31N9O3. The average molecular weight is 578 g/mol. The quantitative estimate of drug-likeness (QED) is 0.320. The first-order valence-electron chi connectivity index (χ1n) is 14.3. The van der Waals surface area contributed by atoms with Crippen LogP contribution in [0.5, 0.6) is 0 Å². The van der Waals surface area contributed by atoms with Crippen LogP contribution in [-0.2, 0) is 11.8 Å². The summed E-state index contributed by atoms with van der Waals surface area (Å²) in [5, 5.41) is 15.7. The number of anilines is 1. The molecule has 5 aromatic rings. The molecule has 2 fully saturated rings. The molecule has 2 amide bonds. The average Bonchev–Trinajstić information content (AvgIpc) is 3.62. The summed E-state index contributed by atoms with van der Waals surface area (Å²) in [6.07, 6.45) is 3.58. The number of rotatable bonds is 6. The minimum Gasteiger partial charge on any atom is -0.436 e. The van der Waals surface area contributed by atoms with E-state index in [4.69, 9.17) is 4.42 Å². The number of hydrogen-bond acceptors (Lipinski definition) is 9. The van der Waals surface area contributed by atoms with Gasteiger partial charge in [-0.1, -0.05) is 30.3 Å². The number of piperidine rings is 1. The number of oxazole rings is 1. The van der Waals surface area contributed by atoms with E-state index in [-0.39, 0.29) is 23.3 Å². The number of aryl methyl sites for hydroxylation is 1. The number of carbonyl (C=O) groups is 2. The highest BCUT2D eigenvalue weighted by Gasteiger charge is 2.48. The second-order valence-electron chi connectivity index (χ2n) is 11.5. The van der Waals surface area contributed by atoms with Crippen molar-refractivity contribution in [3.8, 4) is 11.5 Å². The third-order valence-corrected chi connectivity index (χ3v) is 8.38. The summed E-state index contributed by atoms with van der Waals surface area (Å²) in [4.78, 5) is 39.6.